The van der Waals surface area contributed by atoms with Crippen LogP contribution in [0.15, 0.2) is 42.9 Å². The molecule has 5 rings (SSSR count). The lowest BCUT2D eigenvalue weighted by Crippen LogP contribution is -2.16. The summed E-state index contributed by atoms with van der Waals surface area (Å²) < 4.78 is 18.5. The fourth-order valence-corrected chi connectivity index (χ4v) is 4.08. The number of halogens is 1. The molecule has 0 fully saturated rings. The van der Waals surface area contributed by atoms with E-state index in [0.29, 0.717) is 34.6 Å². The van der Waals surface area contributed by atoms with Crippen molar-refractivity contribution in [3.8, 4) is 17.2 Å². The van der Waals surface area contributed by atoms with Crippen molar-refractivity contribution >= 4 is 11.7 Å². The molecular formula is C23H22FN7O. The maximum Gasteiger partial charge on any atom is 0.259 e. The normalized spacial score (nSPS) is 15.1. The lowest BCUT2D eigenvalue weighted by molar-refractivity contribution is 0.102. The van der Waals surface area contributed by atoms with Gasteiger partial charge in [-0.2, -0.15) is 0 Å². The largest absolute Gasteiger partial charge is 0.307 e. The van der Waals surface area contributed by atoms with Crippen LogP contribution in [-0.4, -0.2) is 35.2 Å². The van der Waals surface area contributed by atoms with Crippen molar-refractivity contribution in [3.05, 3.63) is 71.3 Å². The molecule has 1 atom stereocenters. The number of benzene rings is 1. The second-order valence-corrected chi connectivity index (χ2v) is 8.10. The molecule has 0 unspecified atom stereocenters. The van der Waals surface area contributed by atoms with Crippen LogP contribution in [0.3, 0.4) is 0 Å². The monoisotopic (exact) mass is 431 g/mol. The molecule has 0 radical (unpaired) electrons. The number of fused-ring (bicyclic) bond motifs is 1. The van der Waals surface area contributed by atoms with Crippen LogP contribution in [0.4, 0.5) is 10.2 Å². The Morgan fingerprint density at radius 1 is 1.22 bits per heavy atom. The lowest BCUT2D eigenvalue weighted by atomic mass is 10.1. The Bertz CT molecular complexity index is 1340. The van der Waals surface area contributed by atoms with Gasteiger partial charge >= 0.3 is 0 Å². The number of carbonyl (C=O) groups excluding carboxylic acids is 1. The predicted molar refractivity (Wildman–Crippen MR) is 117 cm³/mol. The number of aryl methyl sites for hydroxylation is 3. The predicted octanol–water partition coefficient (Wildman–Crippen LogP) is 4.04. The Kier molecular flexibility index (Phi) is 4.80. The molecule has 1 aliphatic heterocycles. The second kappa shape index (κ2) is 7.67. The van der Waals surface area contributed by atoms with Gasteiger partial charge in [-0.25, -0.2) is 14.4 Å². The molecule has 0 spiro atoms. The molecule has 0 saturated carbocycles. The first-order valence-electron chi connectivity index (χ1n) is 10.4. The molecule has 4 aromatic rings. The van der Waals surface area contributed by atoms with Crippen molar-refractivity contribution in [2.24, 2.45) is 0 Å². The molecule has 4 heterocycles. The fourth-order valence-electron chi connectivity index (χ4n) is 4.08. The van der Waals surface area contributed by atoms with E-state index >= 15 is 0 Å². The molecule has 1 N–H and O–H groups in total. The van der Waals surface area contributed by atoms with Gasteiger partial charge in [0.05, 0.1) is 23.3 Å². The van der Waals surface area contributed by atoms with Gasteiger partial charge in [-0.1, -0.05) is 6.07 Å². The van der Waals surface area contributed by atoms with Crippen LogP contribution in [0.1, 0.15) is 46.8 Å². The Hall–Kier alpha value is -3.88. The van der Waals surface area contributed by atoms with E-state index in [1.165, 1.54) is 12.1 Å². The van der Waals surface area contributed by atoms with Gasteiger partial charge in [-0.15, -0.1) is 10.2 Å². The minimum absolute atomic E-state index is 0.0684. The highest BCUT2D eigenvalue weighted by Gasteiger charge is 2.25. The molecule has 1 aromatic carbocycles. The third-order valence-electron chi connectivity index (χ3n) is 5.73. The number of rotatable bonds is 4. The zero-order chi connectivity index (χ0) is 22.4. The van der Waals surface area contributed by atoms with Crippen LogP contribution >= 0.6 is 0 Å². The molecule has 3 aromatic heterocycles. The quantitative estimate of drug-likeness (QED) is 0.527. The number of anilines is 1. The number of nitrogens with one attached hydrogen (secondary N) is 1. The minimum Gasteiger partial charge on any atom is -0.307 e. The van der Waals surface area contributed by atoms with E-state index in [1.54, 1.807) is 30.0 Å². The lowest BCUT2D eigenvalue weighted by Gasteiger charge is -2.12. The Morgan fingerprint density at radius 2 is 2.06 bits per heavy atom. The zero-order valence-corrected chi connectivity index (χ0v) is 18.0. The highest BCUT2D eigenvalue weighted by atomic mass is 19.1. The highest BCUT2D eigenvalue weighted by molar-refractivity contribution is 6.04. The first-order valence-corrected chi connectivity index (χ1v) is 10.4. The third-order valence-corrected chi connectivity index (χ3v) is 5.73. The Balaban J connectivity index is 1.45. The van der Waals surface area contributed by atoms with Crippen LogP contribution in [0, 0.1) is 19.7 Å². The van der Waals surface area contributed by atoms with E-state index in [2.05, 4.69) is 37.0 Å². The van der Waals surface area contributed by atoms with Gasteiger partial charge in [0, 0.05) is 18.7 Å². The van der Waals surface area contributed by atoms with Crippen LogP contribution in [0.2, 0.25) is 0 Å². The molecule has 1 aliphatic rings. The minimum atomic E-state index is -0.596. The molecule has 9 heteroatoms. The van der Waals surface area contributed by atoms with Gasteiger partial charge < -0.3 is 14.5 Å². The van der Waals surface area contributed by atoms with Gasteiger partial charge in [0.2, 0.25) is 0 Å². The van der Waals surface area contributed by atoms with Gasteiger partial charge in [0.15, 0.2) is 5.82 Å². The zero-order valence-electron chi connectivity index (χ0n) is 18.0. The van der Waals surface area contributed by atoms with Gasteiger partial charge in [0.1, 0.15) is 23.2 Å². The molecule has 0 aliphatic carbocycles. The molecule has 32 heavy (non-hydrogen) atoms. The van der Waals surface area contributed by atoms with Crippen LogP contribution < -0.4 is 5.32 Å². The summed E-state index contributed by atoms with van der Waals surface area (Å²) in [6.45, 7) is 5.78. The standard InChI is InChI=1S/C23H22FN7O/c1-13-9-17(24)16(10-19(13)30-11-14(2)25-12-30)23(32)27-20-6-4-5-18(26-20)22-29-28-21-8-7-15(3)31(21)22/h4-6,9-12,15H,7-8H2,1-3H3,(H,26,27,32)/t15-/m0/s1. The Labute approximate surface area is 184 Å². The van der Waals surface area contributed by atoms with E-state index in [-0.39, 0.29) is 5.56 Å². The van der Waals surface area contributed by atoms with Crippen molar-refractivity contribution < 1.29 is 9.18 Å². The third kappa shape index (κ3) is 3.45. The Morgan fingerprint density at radius 3 is 2.84 bits per heavy atom. The van der Waals surface area contributed by atoms with E-state index in [1.807, 2.05) is 19.2 Å². The van der Waals surface area contributed by atoms with Crippen molar-refractivity contribution in [3.63, 3.8) is 0 Å². The number of carbonyl (C=O) groups is 1. The SMILES string of the molecule is Cc1cn(-c2cc(C(=O)Nc3cccc(-c4nnc5n4[C@@H](C)CC5)n3)c(F)cc2C)cn1. The summed E-state index contributed by atoms with van der Waals surface area (Å²) >= 11 is 0. The molecular weight excluding hydrogens is 409 g/mol. The van der Waals surface area contributed by atoms with E-state index in [0.717, 1.165) is 24.4 Å². The number of hydrogen-bond acceptors (Lipinski definition) is 5. The molecule has 1 amide bonds. The molecule has 0 saturated heterocycles. The topological polar surface area (TPSA) is 90.5 Å². The summed E-state index contributed by atoms with van der Waals surface area (Å²) in [6, 6.07) is 8.44. The van der Waals surface area contributed by atoms with Crippen LogP contribution in [-0.2, 0) is 6.42 Å². The van der Waals surface area contributed by atoms with Gasteiger partial charge in [-0.05, 0) is 57.0 Å². The number of hydrogen-bond donors (Lipinski definition) is 1. The summed E-state index contributed by atoms with van der Waals surface area (Å²) in [7, 11) is 0. The smallest absolute Gasteiger partial charge is 0.259 e. The second-order valence-electron chi connectivity index (χ2n) is 8.10. The highest BCUT2D eigenvalue weighted by Crippen LogP contribution is 2.30. The van der Waals surface area contributed by atoms with E-state index in [9.17, 15) is 9.18 Å². The number of pyridine rings is 1. The van der Waals surface area contributed by atoms with E-state index < -0.39 is 11.7 Å². The summed E-state index contributed by atoms with van der Waals surface area (Å²) in [6.07, 6.45) is 5.36. The molecule has 0 bridgehead atoms. The molecule has 8 nitrogen and oxygen atoms in total. The molecule has 162 valence electrons. The summed E-state index contributed by atoms with van der Waals surface area (Å²) in [5.41, 5.74) is 2.75. The number of nitrogens with zero attached hydrogens (tertiary/aromatic N) is 6. The van der Waals surface area contributed by atoms with Crippen molar-refractivity contribution in [1.29, 1.82) is 0 Å². The average molecular weight is 431 g/mol. The fraction of sp³-hybridized carbons (Fsp3) is 0.261. The summed E-state index contributed by atoms with van der Waals surface area (Å²) in [5.74, 6) is 0.745. The van der Waals surface area contributed by atoms with Crippen molar-refractivity contribution in [1.82, 2.24) is 29.3 Å². The van der Waals surface area contributed by atoms with E-state index in [4.69, 9.17) is 0 Å². The van der Waals surface area contributed by atoms with Gasteiger partial charge in [0.25, 0.3) is 5.91 Å². The van der Waals surface area contributed by atoms with Crippen LogP contribution in [0.25, 0.3) is 17.2 Å². The van der Waals surface area contributed by atoms with Crippen molar-refractivity contribution in [2.75, 3.05) is 5.32 Å². The number of imidazole rings is 1. The van der Waals surface area contributed by atoms with Crippen molar-refractivity contribution in [2.45, 2.75) is 39.7 Å². The maximum absolute atomic E-state index is 14.7. The number of amides is 1. The summed E-state index contributed by atoms with van der Waals surface area (Å²) in [5, 5.41) is 11.2. The average Bonchev–Trinajstić information content (AvgIpc) is 3.46. The van der Waals surface area contributed by atoms with Gasteiger partial charge in [-0.3, -0.25) is 4.79 Å². The first kappa shape index (κ1) is 20.0. The maximum atomic E-state index is 14.7. The number of aromatic nitrogens is 6. The first-order chi connectivity index (χ1) is 15.4. The summed E-state index contributed by atoms with van der Waals surface area (Å²) in [4.78, 5) is 21.7. The van der Waals surface area contributed by atoms with Crippen LogP contribution in [0.5, 0.6) is 0 Å².